The first-order valence-electron chi connectivity index (χ1n) is 9.35. The molecule has 11 nitrogen and oxygen atoms in total. The molecule has 0 spiro atoms. The highest BCUT2D eigenvalue weighted by Gasteiger charge is 2.25. The minimum Gasteiger partial charge on any atom is -0.494 e. The van der Waals surface area contributed by atoms with Crippen molar-refractivity contribution in [3.05, 3.63) is 51.3 Å². The van der Waals surface area contributed by atoms with Gasteiger partial charge in [0.05, 0.1) is 21.5 Å². The number of ether oxygens (including phenoxy) is 1. The van der Waals surface area contributed by atoms with E-state index in [1.807, 2.05) is 13.0 Å². The molecule has 32 heavy (non-hydrogen) atoms. The molecule has 0 radical (unpaired) electrons. The summed E-state index contributed by atoms with van der Waals surface area (Å²) in [6.45, 7) is 4.11. The zero-order chi connectivity index (χ0) is 22.7. The van der Waals surface area contributed by atoms with Gasteiger partial charge < -0.3 is 10.5 Å². The summed E-state index contributed by atoms with van der Waals surface area (Å²) in [5.41, 5.74) is 9.85. The molecular formula is C19H17ClN8O3S. The molecule has 0 unspecified atom stereocenters. The minimum atomic E-state index is -0.579. The Morgan fingerprint density at radius 2 is 2.19 bits per heavy atom. The van der Waals surface area contributed by atoms with E-state index in [0.29, 0.717) is 33.7 Å². The van der Waals surface area contributed by atoms with E-state index in [0.717, 1.165) is 4.88 Å². The lowest BCUT2D eigenvalue weighted by Gasteiger charge is -2.08. The molecule has 0 fully saturated rings. The van der Waals surface area contributed by atoms with Gasteiger partial charge in [0.25, 0.3) is 5.91 Å². The first-order chi connectivity index (χ1) is 15.5. The summed E-state index contributed by atoms with van der Waals surface area (Å²) in [7, 11) is 0. The van der Waals surface area contributed by atoms with E-state index >= 15 is 0 Å². The fourth-order valence-corrected chi connectivity index (χ4v) is 3.82. The molecule has 0 aliphatic heterocycles. The predicted octanol–water partition coefficient (Wildman–Crippen LogP) is 3.17. The van der Waals surface area contributed by atoms with Crippen molar-refractivity contribution < 1.29 is 14.2 Å². The van der Waals surface area contributed by atoms with Gasteiger partial charge in [0.2, 0.25) is 11.6 Å². The molecular weight excluding hydrogens is 456 g/mol. The van der Waals surface area contributed by atoms with Crippen molar-refractivity contribution in [3.63, 3.8) is 0 Å². The Morgan fingerprint density at radius 3 is 2.88 bits per heavy atom. The number of nitrogens with one attached hydrogen (secondary N) is 1. The number of benzene rings is 1. The number of hydrogen-bond donors (Lipinski definition) is 2. The number of aromatic nitrogens is 5. The normalized spacial score (nSPS) is 11.5. The molecule has 3 aromatic heterocycles. The van der Waals surface area contributed by atoms with E-state index in [9.17, 15) is 4.79 Å². The van der Waals surface area contributed by atoms with Gasteiger partial charge in [0.15, 0.2) is 5.69 Å². The fraction of sp³-hybridized carbons (Fsp3) is 0.158. The monoisotopic (exact) mass is 472 g/mol. The first kappa shape index (κ1) is 21.5. The molecule has 0 bridgehead atoms. The van der Waals surface area contributed by atoms with Crippen LogP contribution in [0.4, 0.5) is 5.82 Å². The number of anilines is 1. The van der Waals surface area contributed by atoms with Gasteiger partial charge in [-0.15, -0.1) is 16.4 Å². The van der Waals surface area contributed by atoms with Crippen LogP contribution in [0.25, 0.3) is 17.1 Å². The molecule has 4 aromatic rings. The topological polar surface area (TPSA) is 146 Å². The average Bonchev–Trinajstić information content (AvgIpc) is 3.51. The highest BCUT2D eigenvalue weighted by molar-refractivity contribution is 7.18. The Kier molecular flexibility index (Phi) is 6.14. The van der Waals surface area contributed by atoms with E-state index in [-0.39, 0.29) is 17.3 Å². The van der Waals surface area contributed by atoms with Gasteiger partial charge in [-0.3, -0.25) is 4.79 Å². The Balaban J connectivity index is 1.74. The zero-order valence-corrected chi connectivity index (χ0v) is 18.5. The summed E-state index contributed by atoms with van der Waals surface area (Å²) < 4.78 is 12.2. The summed E-state index contributed by atoms with van der Waals surface area (Å²) in [5.74, 6) is 0.123. The maximum absolute atomic E-state index is 13.0. The van der Waals surface area contributed by atoms with E-state index in [2.05, 4.69) is 35.8 Å². The second-order valence-electron chi connectivity index (χ2n) is 6.37. The zero-order valence-electron chi connectivity index (χ0n) is 16.9. The second kappa shape index (κ2) is 9.16. The van der Waals surface area contributed by atoms with Crippen molar-refractivity contribution in [3.8, 4) is 22.8 Å². The molecule has 13 heteroatoms. The Labute approximate surface area is 190 Å². The van der Waals surface area contributed by atoms with Crippen molar-refractivity contribution in [1.29, 1.82) is 0 Å². The lowest BCUT2D eigenvalue weighted by molar-refractivity contribution is 0.0950. The van der Waals surface area contributed by atoms with Crippen molar-refractivity contribution in [2.45, 2.75) is 13.8 Å². The van der Waals surface area contributed by atoms with Crippen LogP contribution in [0.5, 0.6) is 5.75 Å². The third-order valence-electron chi connectivity index (χ3n) is 4.25. The van der Waals surface area contributed by atoms with E-state index in [1.165, 1.54) is 16.0 Å². The van der Waals surface area contributed by atoms with Crippen LogP contribution in [0, 0.1) is 0 Å². The molecule has 0 aliphatic rings. The maximum atomic E-state index is 13.0. The SMILES string of the molecule is CCOc1cccc(-c2c(C(=O)NN=C(C)c3ccc(Cl)s3)nnn2-c2nonc2N)c1. The van der Waals surface area contributed by atoms with Gasteiger partial charge in [-0.1, -0.05) is 28.9 Å². The van der Waals surface area contributed by atoms with Crippen LogP contribution in [-0.4, -0.2) is 43.5 Å². The van der Waals surface area contributed by atoms with Crippen molar-refractivity contribution in [2.24, 2.45) is 5.10 Å². The smallest absolute Gasteiger partial charge is 0.294 e. The van der Waals surface area contributed by atoms with Gasteiger partial charge in [-0.05, 0) is 48.4 Å². The van der Waals surface area contributed by atoms with Gasteiger partial charge in [-0.25, -0.2) is 10.1 Å². The fourth-order valence-electron chi connectivity index (χ4n) is 2.83. The van der Waals surface area contributed by atoms with Gasteiger partial charge in [0, 0.05) is 5.56 Å². The molecule has 0 saturated carbocycles. The van der Waals surface area contributed by atoms with Crippen LogP contribution in [0.2, 0.25) is 4.34 Å². The summed E-state index contributed by atoms with van der Waals surface area (Å²) in [6.07, 6.45) is 0. The number of halogens is 1. The van der Waals surface area contributed by atoms with Gasteiger partial charge in [0.1, 0.15) is 11.4 Å². The molecule has 164 valence electrons. The Bertz CT molecular complexity index is 1300. The molecule has 3 N–H and O–H groups in total. The number of nitrogen functional groups attached to an aromatic ring is 1. The molecule has 1 aromatic carbocycles. The maximum Gasteiger partial charge on any atom is 0.294 e. The average molecular weight is 473 g/mol. The van der Waals surface area contributed by atoms with Crippen LogP contribution >= 0.6 is 22.9 Å². The van der Waals surface area contributed by atoms with Crippen molar-refractivity contribution in [2.75, 3.05) is 12.3 Å². The van der Waals surface area contributed by atoms with Crippen LogP contribution in [0.1, 0.15) is 29.2 Å². The Morgan fingerprint density at radius 1 is 1.34 bits per heavy atom. The predicted molar refractivity (Wildman–Crippen MR) is 119 cm³/mol. The summed E-state index contributed by atoms with van der Waals surface area (Å²) in [6, 6.07) is 10.7. The largest absolute Gasteiger partial charge is 0.494 e. The molecule has 0 atom stereocenters. The number of hydrazone groups is 1. The lowest BCUT2D eigenvalue weighted by Crippen LogP contribution is -2.20. The molecule has 4 rings (SSSR count). The summed E-state index contributed by atoms with van der Waals surface area (Å²) in [4.78, 5) is 13.8. The Hall–Kier alpha value is -3.77. The number of amides is 1. The second-order valence-corrected chi connectivity index (χ2v) is 8.09. The van der Waals surface area contributed by atoms with Gasteiger partial charge >= 0.3 is 0 Å². The van der Waals surface area contributed by atoms with E-state index < -0.39 is 5.91 Å². The number of rotatable bonds is 7. The van der Waals surface area contributed by atoms with E-state index in [4.69, 9.17) is 22.1 Å². The van der Waals surface area contributed by atoms with Crippen LogP contribution in [0.3, 0.4) is 0 Å². The minimum absolute atomic E-state index is 0.00168. The van der Waals surface area contributed by atoms with Crippen LogP contribution in [0.15, 0.2) is 46.1 Å². The number of nitrogens with zero attached hydrogens (tertiary/aromatic N) is 6. The number of carbonyl (C=O) groups excluding carboxylic acids is 1. The summed E-state index contributed by atoms with van der Waals surface area (Å²) >= 11 is 7.32. The van der Waals surface area contributed by atoms with Crippen molar-refractivity contribution in [1.82, 2.24) is 30.7 Å². The number of hydrogen-bond acceptors (Lipinski definition) is 10. The van der Waals surface area contributed by atoms with Gasteiger partial charge in [-0.2, -0.15) is 9.78 Å². The van der Waals surface area contributed by atoms with Crippen molar-refractivity contribution >= 4 is 40.4 Å². The van der Waals surface area contributed by atoms with E-state index in [1.54, 1.807) is 37.3 Å². The number of carbonyl (C=O) groups is 1. The molecule has 3 heterocycles. The quantitative estimate of drug-likeness (QED) is 0.308. The van der Waals surface area contributed by atoms with Crippen LogP contribution < -0.4 is 15.9 Å². The van der Waals surface area contributed by atoms with Crippen LogP contribution in [-0.2, 0) is 0 Å². The molecule has 0 saturated heterocycles. The third-order valence-corrected chi connectivity index (χ3v) is 5.59. The number of nitrogens with two attached hydrogens (primary N) is 1. The third kappa shape index (κ3) is 4.31. The highest BCUT2D eigenvalue weighted by Crippen LogP contribution is 2.29. The molecule has 0 aliphatic carbocycles. The first-order valence-corrected chi connectivity index (χ1v) is 10.5. The highest BCUT2D eigenvalue weighted by atomic mass is 35.5. The molecule has 1 amide bonds. The standard InChI is InChI=1S/C19H17ClN8O3S/c1-3-30-12-6-4-5-11(9-12)16-15(23-27-28(16)18-17(21)25-31-26-18)19(29)24-22-10(2)13-7-8-14(20)32-13/h4-9H,3H2,1-2H3,(H2,21,25)(H,24,29). The number of thiophene rings is 1. The summed E-state index contributed by atoms with van der Waals surface area (Å²) in [5, 5.41) is 19.6. The lowest BCUT2D eigenvalue weighted by atomic mass is 10.1.